The Kier molecular flexibility index (Phi) is 6.39. The van der Waals surface area contributed by atoms with E-state index in [2.05, 4.69) is 10.6 Å². The summed E-state index contributed by atoms with van der Waals surface area (Å²) in [7, 11) is 0. The van der Waals surface area contributed by atoms with E-state index in [-0.39, 0.29) is 24.8 Å². The van der Waals surface area contributed by atoms with Crippen LogP contribution in [-0.2, 0) is 28.6 Å². The van der Waals surface area contributed by atoms with Gasteiger partial charge in [0.25, 0.3) is 5.91 Å². The Hall–Kier alpha value is -3.03. The zero-order chi connectivity index (χ0) is 18.2. The summed E-state index contributed by atoms with van der Waals surface area (Å²) in [4.78, 5) is 35.1. The summed E-state index contributed by atoms with van der Waals surface area (Å²) in [6, 6.07) is 5.56. The summed E-state index contributed by atoms with van der Waals surface area (Å²) in [5.41, 5.74) is 2.70. The number of ether oxygens (including phenoxy) is 3. The highest BCUT2D eigenvalue weighted by Gasteiger charge is 2.18. The SMILES string of the molecule is Cc1cccc(NC(=O)CNC(=O)COC(=O)C2=COCCO2)c1C. The Bertz CT molecular complexity index is 698. The van der Waals surface area contributed by atoms with Crippen LogP contribution in [0.1, 0.15) is 11.1 Å². The Labute approximate surface area is 145 Å². The van der Waals surface area contributed by atoms with E-state index < -0.39 is 18.5 Å². The number of anilines is 1. The quantitative estimate of drug-likeness (QED) is 0.737. The summed E-state index contributed by atoms with van der Waals surface area (Å²) in [5, 5.41) is 5.09. The molecule has 0 unspecified atom stereocenters. The van der Waals surface area contributed by atoms with Crippen molar-refractivity contribution in [2.24, 2.45) is 0 Å². The molecule has 1 aromatic rings. The van der Waals surface area contributed by atoms with E-state index in [1.165, 1.54) is 0 Å². The average molecular weight is 348 g/mol. The second-order valence-corrected chi connectivity index (χ2v) is 5.35. The predicted molar refractivity (Wildman–Crippen MR) is 88.5 cm³/mol. The Balaban J connectivity index is 1.72. The number of benzene rings is 1. The molecule has 2 rings (SSSR count). The molecule has 0 aliphatic carbocycles. The number of esters is 1. The zero-order valence-corrected chi connectivity index (χ0v) is 14.1. The largest absolute Gasteiger partial charge is 0.493 e. The highest BCUT2D eigenvalue weighted by molar-refractivity contribution is 5.95. The van der Waals surface area contributed by atoms with Gasteiger partial charge in [-0.2, -0.15) is 0 Å². The molecular formula is C17H20N2O6. The first-order chi connectivity index (χ1) is 12.0. The van der Waals surface area contributed by atoms with Gasteiger partial charge in [0.05, 0.1) is 6.54 Å². The third-order valence-electron chi connectivity index (χ3n) is 3.51. The Morgan fingerprint density at radius 2 is 1.96 bits per heavy atom. The van der Waals surface area contributed by atoms with Crippen molar-refractivity contribution in [2.45, 2.75) is 13.8 Å². The minimum atomic E-state index is -0.797. The molecule has 8 nitrogen and oxygen atoms in total. The molecule has 8 heteroatoms. The van der Waals surface area contributed by atoms with Crippen molar-refractivity contribution in [1.82, 2.24) is 5.32 Å². The van der Waals surface area contributed by atoms with Gasteiger partial charge in [0, 0.05) is 5.69 Å². The molecule has 0 fully saturated rings. The zero-order valence-electron chi connectivity index (χ0n) is 14.1. The maximum atomic E-state index is 11.9. The van der Waals surface area contributed by atoms with E-state index >= 15 is 0 Å². The molecule has 0 spiro atoms. The average Bonchev–Trinajstić information content (AvgIpc) is 2.62. The monoisotopic (exact) mass is 348 g/mol. The van der Waals surface area contributed by atoms with E-state index in [9.17, 15) is 14.4 Å². The lowest BCUT2D eigenvalue weighted by atomic mass is 10.1. The van der Waals surface area contributed by atoms with E-state index in [4.69, 9.17) is 14.2 Å². The van der Waals surface area contributed by atoms with Gasteiger partial charge >= 0.3 is 5.97 Å². The van der Waals surface area contributed by atoms with Gasteiger partial charge in [-0.25, -0.2) is 4.79 Å². The number of nitrogens with one attached hydrogen (secondary N) is 2. The van der Waals surface area contributed by atoms with Crippen LogP contribution in [0.3, 0.4) is 0 Å². The van der Waals surface area contributed by atoms with E-state index in [0.717, 1.165) is 17.4 Å². The fourth-order valence-corrected chi connectivity index (χ4v) is 1.99. The summed E-state index contributed by atoms with van der Waals surface area (Å²) in [5.74, 6) is -1.86. The van der Waals surface area contributed by atoms with Gasteiger partial charge < -0.3 is 24.8 Å². The molecule has 134 valence electrons. The lowest BCUT2D eigenvalue weighted by Gasteiger charge is -2.14. The van der Waals surface area contributed by atoms with Gasteiger partial charge in [0.1, 0.15) is 19.5 Å². The summed E-state index contributed by atoms with van der Waals surface area (Å²) >= 11 is 0. The normalized spacial score (nSPS) is 13.0. The van der Waals surface area contributed by atoms with Crippen LogP contribution in [0.4, 0.5) is 5.69 Å². The van der Waals surface area contributed by atoms with E-state index in [1.54, 1.807) is 6.07 Å². The molecule has 25 heavy (non-hydrogen) atoms. The van der Waals surface area contributed by atoms with Crippen molar-refractivity contribution in [3.05, 3.63) is 41.3 Å². The topological polar surface area (TPSA) is 103 Å². The summed E-state index contributed by atoms with van der Waals surface area (Å²) in [6.07, 6.45) is 1.14. The van der Waals surface area contributed by atoms with E-state index in [0.29, 0.717) is 12.3 Å². The number of hydrogen-bond acceptors (Lipinski definition) is 6. The highest BCUT2D eigenvalue weighted by atomic mass is 16.6. The standard InChI is InChI=1S/C17H20N2O6/c1-11-4-3-5-13(12(11)2)19-15(20)8-18-16(21)10-25-17(22)14-9-23-6-7-24-14/h3-5,9H,6-8,10H2,1-2H3,(H,18,21)(H,19,20). The van der Waals surface area contributed by atoms with Gasteiger partial charge in [-0.15, -0.1) is 0 Å². The van der Waals surface area contributed by atoms with Crippen LogP contribution >= 0.6 is 0 Å². The molecule has 0 saturated heterocycles. The van der Waals surface area contributed by atoms with Crippen LogP contribution in [0, 0.1) is 13.8 Å². The van der Waals surface area contributed by atoms with Crippen molar-refractivity contribution in [3.63, 3.8) is 0 Å². The van der Waals surface area contributed by atoms with Crippen molar-refractivity contribution in [1.29, 1.82) is 0 Å². The molecule has 1 heterocycles. The van der Waals surface area contributed by atoms with Crippen LogP contribution in [0.15, 0.2) is 30.2 Å². The smallest absolute Gasteiger partial charge is 0.377 e. The van der Waals surface area contributed by atoms with Crippen molar-refractivity contribution in [2.75, 3.05) is 31.7 Å². The number of hydrogen-bond donors (Lipinski definition) is 2. The molecule has 2 amide bonds. The number of carbonyl (C=O) groups excluding carboxylic acids is 3. The number of rotatable bonds is 6. The second kappa shape index (κ2) is 8.72. The predicted octanol–water partition coefficient (Wildman–Crippen LogP) is 0.790. The maximum absolute atomic E-state index is 11.9. The lowest BCUT2D eigenvalue weighted by molar-refractivity contribution is -0.149. The van der Waals surface area contributed by atoms with Crippen molar-refractivity contribution >= 4 is 23.5 Å². The molecule has 0 aromatic heterocycles. The molecule has 0 bridgehead atoms. The minimum absolute atomic E-state index is 0.0910. The minimum Gasteiger partial charge on any atom is -0.493 e. The first-order valence-electron chi connectivity index (χ1n) is 7.72. The number of amides is 2. The Morgan fingerprint density at radius 3 is 2.68 bits per heavy atom. The summed E-state index contributed by atoms with van der Waals surface area (Å²) in [6.45, 7) is 3.69. The first kappa shape index (κ1) is 18.3. The van der Waals surface area contributed by atoms with Crippen molar-refractivity contribution in [3.8, 4) is 0 Å². The van der Waals surface area contributed by atoms with Crippen LogP contribution in [0.5, 0.6) is 0 Å². The van der Waals surface area contributed by atoms with Crippen LogP contribution in [0.2, 0.25) is 0 Å². The highest BCUT2D eigenvalue weighted by Crippen LogP contribution is 2.17. The van der Waals surface area contributed by atoms with Crippen LogP contribution in [-0.4, -0.2) is 44.1 Å². The number of aryl methyl sites for hydroxylation is 1. The molecule has 0 saturated carbocycles. The van der Waals surface area contributed by atoms with E-state index in [1.807, 2.05) is 26.0 Å². The molecule has 1 aliphatic heterocycles. The molecular weight excluding hydrogens is 328 g/mol. The third kappa shape index (κ3) is 5.52. The van der Waals surface area contributed by atoms with Gasteiger partial charge in [-0.05, 0) is 31.0 Å². The van der Waals surface area contributed by atoms with Gasteiger partial charge in [0.15, 0.2) is 6.61 Å². The molecule has 2 N–H and O–H groups in total. The number of carbonyl (C=O) groups is 3. The van der Waals surface area contributed by atoms with Gasteiger partial charge in [-0.3, -0.25) is 9.59 Å². The molecule has 1 aliphatic rings. The summed E-state index contributed by atoms with van der Waals surface area (Å²) < 4.78 is 14.7. The second-order valence-electron chi connectivity index (χ2n) is 5.35. The van der Waals surface area contributed by atoms with Crippen molar-refractivity contribution < 1.29 is 28.6 Å². The molecule has 1 aromatic carbocycles. The third-order valence-corrected chi connectivity index (χ3v) is 3.51. The van der Waals surface area contributed by atoms with Gasteiger partial charge in [0.2, 0.25) is 11.7 Å². The maximum Gasteiger partial charge on any atom is 0.377 e. The van der Waals surface area contributed by atoms with Gasteiger partial charge in [-0.1, -0.05) is 12.1 Å². The van der Waals surface area contributed by atoms with Crippen LogP contribution in [0.25, 0.3) is 0 Å². The fraction of sp³-hybridized carbons (Fsp3) is 0.353. The van der Waals surface area contributed by atoms with Crippen LogP contribution < -0.4 is 10.6 Å². The first-order valence-corrected chi connectivity index (χ1v) is 7.72. The Morgan fingerprint density at radius 1 is 1.16 bits per heavy atom. The fourth-order valence-electron chi connectivity index (χ4n) is 1.99. The molecule has 0 radical (unpaired) electrons. The lowest BCUT2D eigenvalue weighted by Crippen LogP contribution is -2.36. The molecule has 0 atom stereocenters.